The molecule has 0 atom stereocenters. The number of amides is 1. The summed E-state index contributed by atoms with van der Waals surface area (Å²) in [5, 5.41) is 7.62. The number of carbonyl (C=O) groups excluding carboxylic acids is 1. The number of carbonyl (C=O) groups is 1. The molecule has 0 bridgehead atoms. The Labute approximate surface area is 153 Å². The lowest BCUT2D eigenvalue weighted by Crippen LogP contribution is -2.24. The van der Waals surface area contributed by atoms with E-state index in [1.54, 1.807) is 7.11 Å². The average molecular weight is 349 g/mol. The monoisotopic (exact) mass is 349 g/mol. The van der Waals surface area contributed by atoms with E-state index in [1.165, 1.54) is 0 Å². The van der Waals surface area contributed by atoms with Crippen molar-refractivity contribution in [1.29, 1.82) is 0 Å². The molecule has 26 heavy (non-hydrogen) atoms. The number of hydrogen-bond donors (Lipinski definition) is 1. The van der Waals surface area contributed by atoms with E-state index in [1.807, 2.05) is 72.4 Å². The molecule has 0 saturated carbocycles. The van der Waals surface area contributed by atoms with Gasteiger partial charge in [0, 0.05) is 18.3 Å². The molecule has 0 aliphatic heterocycles. The molecule has 5 nitrogen and oxygen atoms in total. The highest BCUT2D eigenvalue weighted by Crippen LogP contribution is 2.25. The van der Waals surface area contributed by atoms with Crippen molar-refractivity contribution < 1.29 is 9.53 Å². The molecule has 0 unspecified atom stereocenters. The second-order valence-electron chi connectivity index (χ2n) is 6.06. The second kappa shape index (κ2) is 8.34. The van der Waals surface area contributed by atoms with Gasteiger partial charge >= 0.3 is 0 Å². The number of nitrogens with zero attached hydrogens (tertiary/aromatic N) is 2. The van der Waals surface area contributed by atoms with Gasteiger partial charge in [0.1, 0.15) is 11.4 Å². The first kappa shape index (κ1) is 17.7. The van der Waals surface area contributed by atoms with Crippen LogP contribution < -0.4 is 10.1 Å². The predicted octanol–water partition coefficient (Wildman–Crippen LogP) is 3.75. The van der Waals surface area contributed by atoms with Crippen molar-refractivity contribution in [3.8, 4) is 17.0 Å². The van der Waals surface area contributed by atoms with Crippen molar-refractivity contribution in [2.45, 2.75) is 19.9 Å². The molecule has 0 fully saturated rings. The van der Waals surface area contributed by atoms with Gasteiger partial charge in [-0.25, -0.2) is 0 Å². The van der Waals surface area contributed by atoms with Gasteiger partial charge in [0.25, 0.3) is 5.91 Å². The lowest BCUT2D eigenvalue weighted by atomic mass is 10.1. The Hall–Kier alpha value is -3.08. The molecule has 0 aliphatic rings. The Bertz CT molecular complexity index is 855. The second-order valence-corrected chi connectivity index (χ2v) is 6.06. The van der Waals surface area contributed by atoms with Crippen molar-refractivity contribution in [3.05, 3.63) is 71.9 Å². The van der Waals surface area contributed by atoms with Gasteiger partial charge in [-0.05, 0) is 36.2 Å². The summed E-state index contributed by atoms with van der Waals surface area (Å²) in [4.78, 5) is 12.6. The van der Waals surface area contributed by atoms with E-state index in [4.69, 9.17) is 4.74 Å². The van der Waals surface area contributed by atoms with Crippen LogP contribution in [-0.4, -0.2) is 29.3 Å². The van der Waals surface area contributed by atoms with Crippen molar-refractivity contribution in [1.82, 2.24) is 15.1 Å². The van der Waals surface area contributed by atoms with Crippen LogP contribution in [0.4, 0.5) is 0 Å². The number of rotatable bonds is 7. The summed E-state index contributed by atoms with van der Waals surface area (Å²) in [5.41, 5.74) is 3.28. The molecular formula is C21H23N3O2. The van der Waals surface area contributed by atoms with Crippen LogP contribution >= 0.6 is 0 Å². The first-order valence-electron chi connectivity index (χ1n) is 8.75. The maximum absolute atomic E-state index is 12.6. The molecule has 3 rings (SSSR count). The third kappa shape index (κ3) is 4.11. The number of aromatic nitrogens is 2. The first-order valence-corrected chi connectivity index (χ1v) is 8.75. The van der Waals surface area contributed by atoms with Crippen molar-refractivity contribution in [2.24, 2.45) is 0 Å². The number of hydrogen-bond acceptors (Lipinski definition) is 3. The highest BCUT2D eigenvalue weighted by molar-refractivity contribution is 5.99. The highest BCUT2D eigenvalue weighted by atomic mass is 16.5. The van der Waals surface area contributed by atoms with E-state index in [0.29, 0.717) is 24.3 Å². The topological polar surface area (TPSA) is 56.2 Å². The Balaban J connectivity index is 1.95. The smallest absolute Gasteiger partial charge is 0.255 e. The van der Waals surface area contributed by atoms with Crippen molar-refractivity contribution in [3.63, 3.8) is 0 Å². The normalized spacial score (nSPS) is 10.5. The van der Waals surface area contributed by atoms with Crippen LogP contribution in [0, 0.1) is 0 Å². The molecule has 1 aromatic heterocycles. The van der Waals surface area contributed by atoms with Crippen LogP contribution in [0.5, 0.6) is 5.75 Å². The summed E-state index contributed by atoms with van der Waals surface area (Å²) in [7, 11) is 1.63. The maximum Gasteiger partial charge on any atom is 0.255 e. The van der Waals surface area contributed by atoms with Crippen LogP contribution in [0.3, 0.4) is 0 Å². The molecule has 1 N–H and O–H groups in total. The van der Waals surface area contributed by atoms with Gasteiger partial charge in [-0.1, -0.05) is 37.3 Å². The Morgan fingerprint density at radius 2 is 1.85 bits per heavy atom. The molecule has 0 saturated heterocycles. The van der Waals surface area contributed by atoms with E-state index < -0.39 is 0 Å². The van der Waals surface area contributed by atoms with Gasteiger partial charge in [-0.3, -0.25) is 9.48 Å². The molecule has 1 heterocycles. The Kier molecular flexibility index (Phi) is 5.69. The lowest BCUT2D eigenvalue weighted by molar-refractivity contribution is 0.0954. The minimum absolute atomic E-state index is 0.100. The minimum Gasteiger partial charge on any atom is -0.497 e. The fourth-order valence-corrected chi connectivity index (χ4v) is 2.73. The third-order valence-electron chi connectivity index (χ3n) is 4.09. The summed E-state index contributed by atoms with van der Waals surface area (Å²) in [6.45, 7) is 3.29. The van der Waals surface area contributed by atoms with Crippen LogP contribution in [0.1, 0.15) is 29.3 Å². The molecule has 5 heteroatoms. The largest absolute Gasteiger partial charge is 0.497 e. The third-order valence-corrected chi connectivity index (χ3v) is 4.09. The van der Waals surface area contributed by atoms with Gasteiger partial charge in [-0.2, -0.15) is 5.10 Å². The number of ether oxygens (including phenoxy) is 1. The van der Waals surface area contributed by atoms with Crippen LogP contribution in [0.15, 0.2) is 60.8 Å². The molecule has 134 valence electrons. The predicted molar refractivity (Wildman–Crippen MR) is 102 cm³/mol. The van der Waals surface area contributed by atoms with E-state index in [9.17, 15) is 4.79 Å². The van der Waals surface area contributed by atoms with Crippen LogP contribution in [-0.2, 0) is 6.54 Å². The zero-order chi connectivity index (χ0) is 18.4. The summed E-state index contributed by atoms with van der Waals surface area (Å²) in [5.74, 6) is 0.673. The first-order chi connectivity index (χ1) is 12.7. The number of methoxy groups -OCH3 is 1. The fraction of sp³-hybridized carbons (Fsp3) is 0.238. The summed E-state index contributed by atoms with van der Waals surface area (Å²) < 4.78 is 7.03. The number of benzene rings is 2. The zero-order valence-corrected chi connectivity index (χ0v) is 15.1. The van der Waals surface area contributed by atoms with Gasteiger partial charge in [0.2, 0.25) is 0 Å². The molecular weight excluding hydrogens is 326 g/mol. The number of nitrogens with one attached hydrogen (secondary N) is 1. The quantitative estimate of drug-likeness (QED) is 0.707. The van der Waals surface area contributed by atoms with Crippen molar-refractivity contribution in [2.75, 3.05) is 13.7 Å². The lowest BCUT2D eigenvalue weighted by Gasteiger charge is -2.05. The molecule has 1 amide bonds. The molecule has 3 aromatic rings. The van der Waals surface area contributed by atoms with E-state index in [0.717, 1.165) is 23.3 Å². The molecule has 0 spiro atoms. The highest BCUT2D eigenvalue weighted by Gasteiger charge is 2.18. The van der Waals surface area contributed by atoms with E-state index >= 15 is 0 Å². The van der Waals surface area contributed by atoms with Crippen LogP contribution in [0.2, 0.25) is 0 Å². The molecule has 0 aliphatic carbocycles. The summed E-state index contributed by atoms with van der Waals surface area (Å²) in [6, 6.07) is 17.7. The fourth-order valence-electron chi connectivity index (χ4n) is 2.73. The average Bonchev–Trinajstić information content (AvgIpc) is 3.11. The molecule has 0 radical (unpaired) electrons. The summed E-state index contributed by atoms with van der Waals surface area (Å²) in [6.07, 6.45) is 2.71. The van der Waals surface area contributed by atoms with Gasteiger partial charge in [0.05, 0.1) is 19.2 Å². The van der Waals surface area contributed by atoms with Gasteiger partial charge < -0.3 is 10.1 Å². The SMILES string of the molecule is CCCNC(=O)c1cn(Cc2ccccc2)nc1-c1ccc(OC)cc1. The van der Waals surface area contributed by atoms with E-state index in [2.05, 4.69) is 10.4 Å². The standard InChI is InChI=1S/C21H23N3O2/c1-3-13-22-21(25)19-15-24(14-16-7-5-4-6-8-16)23-20(19)17-9-11-18(26-2)12-10-17/h4-12,15H,3,13-14H2,1-2H3,(H,22,25). The zero-order valence-electron chi connectivity index (χ0n) is 15.1. The Morgan fingerprint density at radius 1 is 1.12 bits per heavy atom. The van der Waals surface area contributed by atoms with Crippen molar-refractivity contribution >= 4 is 5.91 Å². The van der Waals surface area contributed by atoms with Gasteiger partial charge in [0.15, 0.2) is 0 Å². The van der Waals surface area contributed by atoms with E-state index in [-0.39, 0.29) is 5.91 Å². The van der Waals surface area contributed by atoms with Crippen LogP contribution in [0.25, 0.3) is 11.3 Å². The maximum atomic E-state index is 12.6. The van der Waals surface area contributed by atoms with Gasteiger partial charge in [-0.15, -0.1) is 0 Å². The minimum atomic E-state index is -0.100. The molecule has 2 aromatic carbocycles. The Morgan fingerprint density at radius 3 is 2.50 bits per heavy atom. The summed E-state index contributed by atoms with van der Waals surface area (Å²) >= 11 is 0.